The maximum Gasteiger partial charge on any atom is 0.265 e. The minimum Gasteiger partial charge on any atom is -0.497 e. The van der Waals surface area contributed by atoms with Crippen LogP contribution in [-0.4, -0.2) is 19.1 Å². The lowest BCUT2D eigenvalue weighted by Gasteiger charge is -2.15. The summed E-state index contributed by atoms with van der Waals surface area (Å²) < 4.78 is 37.4. The van der Waals surface area contributed by atoms with Gasteiger partial charge in [0.2, 0.25) is 0 Å². The normalized spacial score (nSPS) is 11.6. The van der Waals surface area contributed by atoms with Gasteiger partial charge < -0.3 is 14.8 Å². The molecule has 0 aliphatic carbocycles. The Labute approximate surface area is 126 Å². The molecule has 0 fully saturated rings. The van der Waals surface area contributed by atoms with Crippen LogP contribution >= 0.6 is 0 Å². The molecule has 4 nitrogen and oxygen atoms in total. The molecule has 22 heavy (non-hydrogen) atoms. The van der Waals surface area contributed by atoms with E-state index in [0.717, 1.165) is 12.1 Å². The Bertz CT molecular complexity index is 639. The van der Waals surface area contributed by atoms with Crippen LogP contribution in [0.2, 0.25) is 0 Å². The Balaban J connectivity index is 2.02. The highest BCUT2D eigenvalue weighted by molar-refractivity contribution is 5.94. The van der Waals surface area contributed by atoms with Crippen molar-refractivity contribution in [1.82, 2.24) is 0 Å². The van der Waals surface area contributed by atoms with E-state index in [0.29, 0.717) is 11.5 Å². The van der Waals surface area contributed by atoms with Gasteiger partial charge in [-0.2, -0.15) is 0 Å². The maximum atomic E-state index is 13.5. The first-order chi connectivity index (χ1) is 10.5. The number of carbonyl (C=O) groups excluding carboxylic acids is 1. The third-order valence-electron chi connectivity index (χ3n) is 2.95. The van der Waals surface area contributed by atoms with E-state index in [1.165, 1.54) is 20.1 Å². The van der Waals surface area contributed by atoms with Crippen molar-refractivity contribution in [3.05, 3.63) is 54.1 Å². The van der Waals surface area contributed by atoms with Crippen LogP contribution in [0, 0.1) is 11.6 Å². The summed E-state index contributed by atoms with van der Waals surface area (Å²) in [6.07, 6.45) is -0.924. The SMILES string of the molecule is COc1ccc(OC(C)C(=O)Nc2c(F)cccc2F)cc1. The highest BCUT2D eigenvalue weighted by atomic mass is 19.1. The monoisotopic (exact) mass is 307 g/mol. The summed E-state index contributed by atoms with van der Waals surface area (Å²) in [4.78, 5) is 12.0. The van der Waals surface area contributed by atoms with Gasteiger partial charge in [-0.05, 0) is 43.3 Å². The van der Waals surface area contributed by atoms with E-state index in [4.69, 9.17) is 9.47 Å². The molecule has 1 N–H and O–H groups in total. The lowest BCUT2D eigenvalue weighted by Crippen LogP contribution is -2.30. The van der Waals surface area contributed by atoms with Crippen LogP contribution in [0.1, 0.15) is 6.92 Å². The van der Waals surface area contributed by atoms with Gasteiger partial charge in [0, 0.05) is 0 Å². The molecule has 0 heterocycles. The zero-order valence-corrected chi connectivity index (χ0v) is 12.1. The van der Waals surface area contributed by atoms with E-state index in [-0.39, 0.29) is 0 Å². The summed E-state index contributed by atoms with van der Waals surface area (Å²) >= 11 is 0. The van der Waals surface area contributed by atoms with E-state index in [2.05, 4.69) is 5.32 Å². The number of carbonyl (C=O) groups is 1. The first kappa shape index (κ1) is 15.8. The highest BCUT2D eigenvalue weighted by Crippen LogP contribution is 2.20. The molecule has 0 saturated heterocycles. The number of amides is 1. The fraction of sp³-hybridized carbons (Fsp3) is 0.188. The third kappa shape index (κ3) is 3.72. The molecule has 0 aromatic heterocycles. The number of benzene rings is 2. The minimum absolute atomic E-state index is 0.442. The van der Waals surface area contributed by atoms with Crippen LogP contribution in [-0.2, 0) is 4.79 Å². The number of ether oxygens (including phenoxy) is 2. The van der Waals surface area contributed by atoms with Crippen LogP contribution in [0.4, 0.5) is 14.5 Å². The Morgan fingerprint density at radius 2 is 1.59 bits per heavy atom. The van der Waals surface area contributed by atoms with Crippen LogP contribution in [0.25, 0.3) is 0 Å². The molecule has 0 bridgehead atoms. The number of para-hydroxylation sites is 1. The van der Waals surface area contributed by atoms with Crippen molar-refractivity contribution in [1.29, 1.82) is 0 Å². The topological polar surface area (TPSA) is 47.6 Å². The first-order valence-corrected chi connectivity index (χ1v) is 6.57. The number of hydrogen-bond donors (Lipinski definition) is 1. The van der Waals surface area contributed by atoms with Gasteiger partial charge in [0.15, 0.2) is 6.10 Å². The highest BCUT2D eigenvalue weighted by Gasteiger charge is 2.18. The van der Waals surface area contributed by atoms with Gasteiger partial charge >= 0.3 is 0 Å². The molecule has 2 aromatic carbocycles. The molecule has 1 amide bonds. The quantitative estimate of drug-likeness (QED) is 0.921. The average molecular weight is 307 g/mol. The smallest absolute Gasteiger partial charge is 0.265 e. The zero-order valence-electron chi connectivity index (χ0n) is 12.1. The third-order valence-corrected chi connectivity index (χ3v) is 2.95. The van der Waals surface area contributed by atoms with E-state index in [1.54, 1.807) is 24.3 Å². The molecular formula is C16H15F2NO3. The van der Waals surface area contributed by atoms with Gasteiger partial charge in [0.25, 0.3) is 5.91 Å². The molecule has 0 saturated carbocycles. The Morgan fingerprint density at radius 1 is 1.05 bits per heavy atom. The molecule has 0 aliphatic heterocycles. The van der Waals surface area contributed by atoms with Crippen molar-refractivity contribution in [3.63, 3.8) is 0 Å². The maximum absolute atomic E-state index is 13.5. The molecule has 116 valence electrons. The predicted molar refractivity (Wildman–Crippen MR) is 78.1 cm³/mol. The zero-order chi connectivity index (χ0) is 16.1. The average Bonchev–Trinajstić information content (AvgIpc) is 2.51. The van der Waals surface area contributed by atoms with E-state index in [9.17, 15) is 13.6 Å². The number of halogens is 2. The van der Waals surface area contributed by atoms with Gasteiger partial charge in [-0.1, -0.05) is 6.07 Å². The summed E-state index contributed by atoms with van der Waals surface area (Å²) in [5, 5.41) is 2.18. The van der Waals surface area contributed by atoms with Crippen molar-refractivity contribution < 1.29 is 23.0 Å². The van der Waals surface area contributed by atoms with Gasteiger partial charge in [0.1, 0.15) is 28.8 Å². The minimum atomic E-state index is -0.924. The number of nitrogens with one attached hydrogen (secondary N) is 1. The molecule has 0 radical (unpaired) electrons. The van der Waals surface area contributed by atoms with Crippen LogP contribution in [0.3, 0.4) is 0 Å². The van der Waals surface area contributed by atoms with E-state index < -0.39 is 29.3 Å². The van der Waals surface area contributed by atoms with Crippen molar-refractivity contribution >= 4 is 11.6 Å². The Morgan fingerprint density at radius 3 is 2.14 bits per heavy atom. The van der Waals surface area contributed by atoms with Crippen LogP contribution in [0.15, 0.2) is 42.5 Å². The molecule has 1 atom stereocenters. The van der Waals surface area contributed by atoms with E-state index >= 15 is 0 Å². The molecule has 6 heteroatoms. The lowest BCUT2D eigenvalue weighted by atomic mass is 10.2. The summed E-state index contributed by atoms with van der Waals surface area (Å²) in [5.74, 6) is -1.25. The summed E-state index contributed by atoms with van der Waals surface area (Å²) in [6.45, 7) is 1.48. The second-order valence-corrected chi connectivity index (χ2v) is 4.52. The van der Waals surface area contributed by atoms with Gasteiger partial charge in [0.05, 0.1) is 7.11 Å². The van der Waals surface area contributed by atoms with Crippen molar-refractivity contribution in [2.24, 2.45) is 0 Å². The molecular weight excluding hydrogens is 292 g/mol. The first-order valence-electron chi connectivity index (χ1n) is 6.57. The van der Waals surface area contributed by atoms with Gasteiger partial charge in [-0.25, -0.2) is 8.78 Å². The predicted octanol–water partition coefficient (Wildman–Crippen LogP) is 3.38. The number of anilines is 1. The molecule has 0 aliphatic rings. The summed E-state index contributed by atoms with van der Waals surface area (Å²) in [6, 6.07) is 9.96. The van der Waals surface area contributed by atoms with Crippen molar-refractivity contribution in [2.45, 2.75) is 13.0 Å². The van der Waals surface area contributed by atoms with Crippen LogP contribution in [0.5, 0.6) is 11.5 Å². The summed E-state index contributed by atoms with van der Waals surface area (Å²) in [5.41, 5.74) is -0.488. The summed E-state index contributed by atoms with van der Waals surface area (Å²) in [7, 11) is 1.54. The lowest BCUT2D eigenvalue weighted by molar-refractivity contribution is -0.122. The molecule has 2 aromatic rings. The van der Waals surface area contributed by atoms with Crippen LogP contribution < -0.4 is 14.8 Å². The molecule has 0 spiro atoms. The molecule has 1 unspecified atom stereocenters. The van der Waals surface area contributed by atoms with Crippen molar-refractivity contribution in [2.75, 3.05) is 12.4 Å². The standard InChI is InChI=1S/C16H15F2NO3/c1-10(22-12-8-6-11(21-2)7-9-12)16(20)19-15-13(17)4-3-5-14(15)18/h3-10H,1-2H3,(H,19,20). The second-order valence-electron chi connectivity index (χ2n) is 4.52. The Hall–Kier alpha value is -2.63. The number of rotatable bonds is 5. The number of methoxy groups -OCH3 is 1. The molecule has 2 rings (SSSR count). The van der Waals surface area contributed by atoms with Gasteiger partial charge in [-0.15, -0.1) is 0 Å². The number of hydrogen-bond acceptors (Lipinski definition) is 3. The fourth-order valence-electron chi connectivity index (χ4n) is 1.75. The second kappa shape index (κ2) is 6.89. The fourth-order valence-corrected chi connectivity index (χ4v) is 1.75. The Kier molecular flexibility index (Phi) is 4.93. The largest absolute Gasteiger partial charge is 0.497 e. The van der Waals surface area contributed by atoms with E-state index in [1.807, 2.05) is 0 Å². The van der Waals surface area contributed by atoms with Crippen molar-refractivity contribution in [3.8, 4) is 11.5 Å². The van der Waals surface area contributed by atoms with Gasteiger partial charge in [-0.3, -0.25) is 4.79 Å².